The summed E-state index contributed by atoms with van der Waals surface area (Å²) in [5.74, 6) is 0. The van der Waals surface area contributed by atoms with Gasteiger partial charge in [-0.2, -0.15) is 0 Å². The predicted octanol–water partition coefficient (Wildman–Crippen LogP) is -4.83. The van der Waals surface area contributed by atoms with Crippen LogP contribution in [0.4, 0.5) is 0 Å². The van der Waals surface area contributed by atoms with Gasteiger partial charge >= 0.3 is 29.6 Å². The van der Waals surface area contributed by atoms with Gasteiger partial charge in [0.2, 0.25) is 0 Å². The fourth-order valence-electron chi connectivity index (χ4n) is 0. The van der Waals surface area contributed by atoms with Crippen LogP contribution in [0.5, 0.6) is 0 Å². The van der Waals surface area contributed by atoms with Crippen molar-refractivity contribution in [2.45, 2.75) is 10.5 Å². The molecule has 0 radical (unpaired) electrons. The molecule has 0 atom stereocenters. The van der Waals surface area contributed by atoms with Gasteiger partial charge in [0.15, 0.2) is 0 Å². The second kappa shape index (κ2) is 23.6. The molecule has 0 aliphatic heterocycles. The number of hydrogen-bond donors (Lipinski definition) is 0. The third kappa shape index (κ3) is 91.9. The molecule has 0 nitrogen and oxygen atoms in total. The third-order valence-corrected chi connectivity index (χ3v) is 0. The summed E-state index contributed by atoms with van der Waals surface area (Å²) in [6, 6.07) is 0. The van der Waals surface area contributed by atoms with E-state index in [1.165, 1.54) is 0 Å². The van der Waals surface area contributed by atoms with Crippen LogP contribution in [0.15, 0.2) is 0 Å². The van der Waals surface area contributed by atoms with E-state index in [9.17, 15) is 0 Å². The van der Waals surface area contributed by atoms with E-state index < -0.39 is 0 Å². The molecule has 3 heteroatoms. The molecular weight excluding hydrogens is 110 g/mol. The summed E-state index contributed by atoms with van der Waals surface area (Å²) in [7, 11) is 0. The average Bonchev–Trinajstić information content (AvgIpc) is 0.918. The van der Waals surface area contributed by atoms with Crippen molar-refractivity contribution in [1.29, 1.82) is 0 Å². The number of halogens is 2. The van der Waals surface area contributed by atoms with E-state index in [4.69, 9.17) is 0 Å². The molecule has 0 saturated heterocycles. The van der Waals surface area contributed by atoms with Gasteiger partial charge in [-0.3, -0.25) is 0 Å². The fourth-order valence-corrected chi connectivity index (χ4v) is 0. The van der Waals surface area contributed by atoms with Crippen LogP contribution in [-0.4, -0.2) is 0 Å². The Bertz CT molecular complexity index is 7.61. The van der Waals surface area contributed by atoms with E-state index in [2.05, 4.69) is 10.5 Å². The minimum atomic E-state index is 0. The van der Waals surface area contributed by atoms with E-state index in [0.29, 0.717) is 19.2 Å². The molecule has 0 rings (SSSR count). The topological polar surface area (TPSA) is 0 Å². The second-order valence-corrected chi connectivity index (χ2v) is 2.06. The molecule has 0 aliphatic carbocycles. The minimum Gasteiger partial charge on any atom is -1.00 e. The van der Waals surface area contributed by atoms with Crippen LogP contribution in [0.1, 0.15) is 0 Å². The fraction of sp³-hybridized carbons (Fsp3) is 1.00. The zero-order valence-corrected chi connectivity index (χ0v) is 4.82. The van der Waals surface area contributed by atoms with E-state index in [1.54, 1.807) is 0 Å². The first kappa shape index (κ1) is 17.6. The molecule has 0 aromatic carbocycles. The minimum absolute atomic E-state index is 0. The molecule has 0 aromatic heterocycles. The van der Waals surface area contributed by atoms with Gasteiger partial charge in [-0.15, -0.1) is 0 Å². The van der Waals surface area contributed by atoms with E-state index in [1.807, 2.05) is 0 Å². The van der Waals surface area contributed by atoms with Crippen molar-refractivity contribution in [3.8, 4) is 0 Å². The van der Waals surface area contributed by atoms with Crippen molar-refractivity contribution in [1.82, 2.24) is 0 Å². The Kier molecular flexibility index (Phi) is 83.0. The number of rotatable bonds is 0. The maximum atomic E-state index is 2.25. The predicted molar refractivity (Wildman–Crippen MR) is 11.7 cm³/mol. The van der Waals surface area contributed by atoms with E-state index in [-0.39, 0.29) is 9.41 Å². The van der Waals surface area contributed by atoms with Crippen molar-refractivity contribution >= 4 is 0 Å². The molecule has 32 valence electrons. The Morgan fingerprint density at radius 1 is 1.00 bits per heavy atom. The maximum Gasteiger partial charge on any atom is -1.00 e. The quantitative estimate of drug-likeness (QED) is 0.278. The maximum absolute atomic E-state index is 2.25. The average molecular weight is 116 g/mol. The summed E-state index contributed by atoms with van der Waals surface area (Å²) < 4.78 is 0. The van der Waals surface area contributed by atoms with Gasteiger partial charge in [0.25, 0.3) is 0 Å². The smallest absolute Gasteiger partial charge is 1.00 e. The molecule has 0 fully saturated rings. The van der Waals surface area contributed by atoms with Crippen molar-refractivity contribution in [2.75, 3.05) is 0 Å². The van der Waals surface area contributed by atoms with Gasteiger partial charge in [0, 0.05) is 0 Å². The van der Waals surface area contributed by atoms with Crippen LogP contribution in [0.3, 0.4) is 0 Å². The van der Waals surface area contributed by atoms with Crippen LogP contribution in [0, 0.1) is 0 Å². The van der Waals surface area contributed by atoms with Gasteiger partial charge in [-0.25, -0.2) is 0 Å². The standard InChI is InChI=1S/2CH3.2FH.Ti/h2*1H3;2*1H;/q;;;;+2/p-2. The van der Waals surface area contributed by atoms with Gasteiger partial charge in [0.05, 0.1) is 0 Å². The van der Waals surface area contributed by atoms with Crippen molar-refractivity contribution < 1.29 is 28.6 Å². The first-order chi connectivity index (χ1) is 1.41. The summed E-state index contributed by atoms with van der Waals surface area (Å²) in [5, 5.41) is 4.50. The molecule has 0 spiro atoms. The van der Waals surface area contributed by atoms with Crippen molar-refractivity contribution in [2.24, 2.45) is 0 Å². The number of hydrogen-bond acceptors (Lipinski definition) is 0. The summed E-state index contributed by atoms with van der Waals surface area (Å²) in [6.45, 7) is 0. The van der Waals surface area contributed by atoms with E-state index >= 15 is 0 Å². The Labute approximate surface area is 39.6 Å². The third-order valence-electron chi connectivity index (χ3n) is 0. The largest absolute Gasteiger partial charge is 1.00 e. The van der Waals surface area contributed by atoms with Crippen molar-refractivity contribution in [3.05, 3.63) is 0 Å². The molecule has 0 saturated carbocycles. The zero-order valence-electron chi connectivity index (χ0n) is 3.26. The van der Waals surface area contributed by atoms with Crippen LogP contribution in [-0.2, 0) is 19.2 Å². The van der Waals surface area contributed by atoms with Gasteiger partial charge < -0.3 is 9.41 Å². The van der Waals surface area contributed by atoms with Gasteiger partial charge in [-0.05, 0) is 0 Å². The molecule has 0 amide bonds. The van der Waals surface area contributed by atoms with Crippen LogP contribution >= 0.6 is 0 Å². The molecule has 5 heavy (non-hydrogen) atoms. The molecule has 0 bridgehead atoms. The summed E-state index contributed by atoms with van der Waals surface area (Å²) in [4.78, 5) is 0. The second-order valence-electron chi connectivity index (χ2n) is 0.500. The Balaban J connectivity index is -0.0000000200. The SMILES string of the molecule is [CH3][Ti+2][CH3].[F-].[F-]. The molecule has 0 unspecified atom stereocenters. The zero-order chi connectivity index (χ0) is 2.71. The monoisotopic (exact) mass is 116 g/mol. The van der Waals surface area contributed by atoms with Crippen molar-refractivity contribution in [3.63, 3.8) is 0 Å². The first-order valence-corrected chi connectivity index (χ1v) is 4.12. The van der Waals surface area contributed by atoms with Crippen LogP contribution < -0.4 is 9.41 Å². The summed E-state index contributed by atoms with van der Waals surface area (Å²) in [6.07, 6.45) is 0. The van der Waals surface area contributed by atoms with Crippen LogP contribution in [0.2, 0.25) is 10.5 Å². The molecule has 0 N–H and O–H groups in total. The first-order valence-electron chi connectivity index (χ1n) is 1.00. The molecule has 0 aliphatic rings. The Morgan fingerprint density at radius 3 is 1.00 bits per heavy atom. The van der Waals surface area contributed by atoms with Gasteiger partial charge in [-0.1, -0.05) is 0 Å². The molecular formula is C2H6F2Ti. The molecule has 0 heterocycles. The Hall–Kier alpha value is 0.574. The van der Waals surface area contributed by atoms with Gasteiger partial charge in [0.1, 0.15) is 0 Å². The summed E-state index contributed by atoms with van der Waals surface area (Å²) in [5.41, 5.74) is 0. The van der Waals surface area contributed by atoms with E-state index in [0.717, 1.165) is 0 Å². The summed E-state index contributed by atoms with van der Waals surface area (Å²) >= 11 is 0.500. The van der Waals surface area contributed by atoms with Crippen LogP contribution in [0.25, 0.3) is 0 Å². The Morgan fingerprint density at radius 2 is 1.00 bits per heavy atom. The normalized spacial score (nSPS) is 2.00. The molecule has 0 aromatic rings.